The topological polar surface area (TPSA) is 116 Å². The summed E-state index contributed by atoms with van der Waals surface area (Å²) >= 11 is 0. The van der Waals surface area contributed by atoms with E-state index in [1.807, 2.05) is 6.92 Å². The van der Waals surface area contributed by atoms with Crippen LogP contribution in [0.3, 0.4) is 0 Å². The lowest BCUT2D eigenvalue weighted by molar-refractivity contribution is -0.155. The Bertz CT molecular complexity index is 644. The summed E-state index contributed by atoms with van der Waals surface area (Å²) in [4.78, 5) is 47.2. The highest BCUT2D eigenvalue weighted by atomic mass is 16.6. The van der Waals surface area contributed by atoms with Gasteiger partial charge in [-0.3, -0.25) is 19.2 Å². The molecule has 3 aliphatic rings. The Labute approximate surface area is 163 Å². The van der Waals surface area contributed by atoms with Gasteiger partial charge in [0.1, 0.15) is 0 Å². The smallest absolute Gasteiger partial charge is 0.317 e. The van der Waals surface area contributed by atoms with Crippen LogP contribution in [0.4, 0.5) is 0 Å². The van der Waals surface area contributed by atoms with Crippen LogP contribution in [-0.4, -0.2) is 41.9 Å². The summed E-state index contributed by atoms with van der Waals surface area (Å²) in [6.45, 7) is 4.01. The molecule has 0 aromatic carbocycles. The zero-order chi connectivity index (χ0) is 20.4. The molecule has 3 aliphatic heterocycles. The molecular weight excluding hydrogens is 368 g/mol. The lowest BCUT2D eigenvalue weighted by atomic mass is 9.79. The molecule has 7 atom stereocenters. The van der Waals surface area contributed by atoms with Crippen LogP contribution in [0.15, 0.2) is 0 Å². The van der Waals surface area contributed by atoms with Crippen LogP contribution < -0.4 is 0 Å². The Hall–Kier alpha value is -1.80. The van der Waals surface area contributed by atoms with Crippen molar-refractivity contribution in [2.75, 3.05) is 6.61 Å². The molecule has 1 N–H and O–H groups in total. The molecule has 6 unspecified atom stereocenters. The minimum atomic E-state index is -0.933. The quantitative estimate of drug-likeness (QED) is 0.486. The number of aliphatic hydroxyl groups excluding tert-OH is 1. The molecule has 3 heterocycles. The molecule has 3 saturated heterocycles. The average molecular weight is 396 g/mol. The SMILES string of the molecule is CCCC1C(=O)OC(=O)C1CCC1C(CCC2C(=O)OC(=O)[C@H]2C)COC1O. The second-order valence-corrected chi connectivity index (χ2v) is 8.18. The van der Waals surface area contributed by atoms with Crippen LogP contribution >= 0.6 is 0 Å². The fourth-order valence-corrected chi connectivity index (χ4v) is 4.68. The van der Waals surface area contributed by atoms with Crippen LogP contribution in [0.5, 0.6) is 0 Å². The molecule has 0 aromatic heterocycles. The van der Waals surface area contributed by atoms with Gasteiger partial charge in [-0.05, 0) is 38.0 Å². The fourth-order valence-electron chi connectivity index (χ4n) is 4.68. The van der Waals surface area contributed by atoms with Crippen molar-refractivity contribution in [1.82, 2.24) is 0 Å². The summed E-state index contributed by atoms with van der Waals surface area (Å²) in [5, 5.41) is 10.2. The Morgan fingerprint density at radius 2 is 1.39 bits per heavy atom. The van der Waals surface area contributed by atoms with Crippen LogP contribution in [0.2, 0.25) is 0 Å². The number of esters is 4. The molecule has 3 fully saturated rings. The maximum atomic E-state index is 12.0. The zero-order valence-corrected chi connectivity index (χ0v) is 16.3. The highest BCUT2D eigenvalue weighted by Crippen LogP contribution is 2.39. The van der Waals surface area contributed by atoms with Gasteiger partial charge in [-0.1, -0.05) is 20.3 Å². The third-order valence-electron chi connectivity index (χ3n) is 6.48. The summed E-state index contributed by atoms with van der Waals surface area (Å²) in [5.41, 5.74) is 0. The van der Waals surface area contributed by atoms with E-state index in [4.69, 9.17) is 9.47 Å². The van der Waals surface area contributed by atoms with E-state index < -0.39 is 53.8 Å². The number of hydrogen-bond acceptors (Lipinski definition) is 8. The molecule has 0 aromatic rings. The van der Waals surface area contributed by atoms with Crippen molar-refractivity contribution < 1.29 is 38.5 Å². The fraction of sp³-hybridized carbons (Fsp3) is 0.800. The minimum absolute atomic E-state index is 0.0171. The number of ether oxygens (including phenoxy) is 3. The molecule has 0 saturated carbocycles. The Balaban J connectivity index is 1.56. The number of cyclic esters (lactones) is 4. The number of hydrogen-bond donors (Lipinski definition) is 1. The molecule has 0 bridgehead atoms. The number of aliphatic hydroxyl groups is 1. The van der Waals surface area contributed by atoms with Gasteiger partial charge in [-0.15, -0.1) is 0 Å². The van der Waals surface area contributed by atoms with Gasteiger partial charge >= 0.3 is 23.9 Å². The van der Waals surface area contributed by atoms with Gasteiger partial charge in [0.15, 0.2) is 6.29 Å². The van der Waals surface area contributed by atoms with E-state index in [-0.39, 0.29) is 11.8 Å². The maximum absolute atomic E-state index is 12.0. The summed E-state index contributed by atoms with van der Waals surface area (Å²) in [5.74, 6) is -3.85. The molecule has 0 aliphatic carbocycles. The monoisotopic (exact) mass is 396 g/mol. The normalized spacial score (nSPS) is 38.2. The van der Waals surface area contributed by atoms with Crippen LogP contribution in [0.1, 0.15) is 52.4 Å². The van der Waals surface area contributed by atoms with Crippen molar-refractivity contribution in [3.05, 3.63) is 0 Å². The van der Waals surface area contributed by atoms with Gasteiger partial charge in [-0.2, -0.15) is 0 Å². The average Bonchev–Trinajstić information content (AvgIpc) is 3.21. The summed E-state index contributed by atoms with van der Waals surface area (Å²) < 4.78 is 14.9. The molecule has 0 radical (unpaired) electrons. The number of carbonyl (C=O) groups is 4. The number of rotatable bonds is 8. The zero-order valence-electron chi connectivity index (χ0n) is 16.3. The first-order chi connectivity index (χ1) is 13.3. The van der Waals surface area contributed by atoms with E-state index >= 15 is 0 Å². The first kappa shape index (κ1) is 20.9. The standard InChI is InChI=1S/C20H28O8/c1-3-4-14-15(20(25)28-19(14)24)8-7-13-11(9-26-17(13)22)5-6-12-10(2)16(21)27-18(12)23/h10-15,17,22H,3-9H2,1-2H3/t10-,11?,12?,13?,14?,15?,17?/m0/s1. The van der Waals surface area contributed by atoms with Crippen molar-refractivity contribution in [3.8, 4) is 0 Å². The van der Waals surface area contributed by atoms with E-state index in [2.05, 4.69) is 4.74 Å². The molecule has 8 nitrogen and oxygen atoms in total. The summed E-state index contributed by atoms with van der Waals surface area (Å²) in [6.07, 6.45) is 2.56. The highest BCUT2D eigenvalue weighted by Gasteiger charge is 2.46. The molecule has 0 spiro atoms. The first-order valence-electron chi connectivity index (χ1n) is 10.1. The Morgan fingerprint density at radius 1 is 0.821 bits per heavy atom. The second kappa shape index (κ2) is 8.69. The van der Waals surface area contributed by atoms with Crippen LogP contribution in [0.25, 0.3) is 0 Å². The van der Waals surface area contributed by atoms with Crippen molar-refractivity contribution in [2.24, 2.45) is 35.5 Å². The maximum Gasteiger partial charge on any atom is 0.317 e. The van der Waals surface area contributed by atoms with Crippen LogP contribution in [-0.2, 0) is 33.4 Å². The van der Waals surface area contributed by atoms with Gasteiger partial charge in [0.2, 0.25) is 0 Å². The van der Waals surface area contributed by atoms with Crippen molar-refractivity contribution in [2.45, 2.75) is 58.7 Å². The van der Waals surface area contributed by atoms with Gasteiger partial charge in [-0.25, -0.2) is 0 Å². The lowest BCUT2D eigenvalue weighted by Gasteiger charge is -2.22. The van der Waals surface area contributed by atoms with E-state index in [1.165, 1.54) is 0 Å². The van der Waals surface area contributed by atoms with Gasteiger partial charge in [0.25, 0.3) is 0 Å². The van der Waals surface area contributed by atoms with Crippen molar-refractivity contribution in [3.63, 3.8) is 0 Å². The van der Waals surface area contributed by atoms with E-state index in [1.54, 1.807) is 6.92 Å². The van der Waals surface area contributed by atoms with Gasteiger partial charge in [0, 0.05) is 5.92 Å². The second-order valence-electron chi connectivity index (χ2n) is 8.18. The third kappa shape index (κ3) is 4.12. The first-order valence-corrected chi connectivity index (χ1v) is 10.1. The third-order valence-corrected chi connectivity index (χ3v) is 6.48. The Morgan fingerprint density at radius 3 is 2.00 bits per heavy atom. The predicted octanol–water partition coefficient (Wildman–Crippen LogP) is 1.58. The molecule has 0 amide bonds. The van der Waals surface area contributed by atoms with Crippen LogP contribution in [0, 0.1) is 35.5 Å². The van der Waals surface area contributed by atoms with Crippen molar-refractivity contribution in [1.29, 1.82) is 0 Å². The summed E-state index contributed by atoms with van der Waals surface area (Å²) in [6, 6.07) is 0. The molecule has 28 heavy (non-hydrogen) atoms. The molecule has 3 rings (SSSR count). The largest absolute Gasteiger partial charge is 0.393 e. The van der Waals surface area contributed by atoms with Gasteiger partial charge in [0.05, 0.1) is 30.3 Å². The number of carbonyl (C=O) groups excluding carboxylic acids is 4. The molecule has 156 valence electrons. The Kier molecular flexibility index (Phi) is 6.50. The highest BCUT2D eigenvalue weighted by molar-refractivity contribution is 5.96. The van der Waals surface area contributed by atoms with E-state index in [0.29, 0.717) is 38.7 Å². The lowest BCUT2D eigenvalue weighted by Crippen LogP contribution is -2.25. The van der Waals surface area contributed by atoms with E-state index in [9.17, 15) is 24.3 Å². The van der Waals surface area contributed by atoms with Crippen molar-refractivity contribution >= 4 is 23.9 Å². The molecular formula is C20H28O8. The van der Waals surface area contributed by atoms with Gasteiger partial charge < -0.3 is 19.3 Å². The predicted molar refractivity (Wildman–Crippen MR) is 94.1 cm³/mol. The summed E-state index contributed by atoms with van der Waals surface area (Å²) in [7, 11) is 0. The molecule has 8 heteroatoms. The minimum Gasteiger partial charge on any atom is -0.393 e. The van der Waals surface area contributed by atoms with E-state index in [0.717, 1.165) is 6.42 Å².